The fourth-order valence-corrected chi connectivity index (χ4v) is 4.41. The van der Waals surface area contributed by atoms with Crippen LogP contribution in [0.3, 0.4) is 0 Å². The van der Waals surface area contributed by atoms with Gasteiger partial charge in [0.2, 0.25) is 0 Å². The van der Waals surface area contributed by atoms with Crippen LogP contribution in [0.15, 0.2) is 41.3 Å². The smallest absolute Gasteiger partial charge is 0.303 e. The summed E-state index contributed by atoms with van der Waals surface area (Å²) in [6.45, 7) is 1.50. The number of rotatable bonds is 8. The van der Waals surface area contributed by atoms with Crippen LogP contribution < -0.4 is 9.47 Å². The zero-order chi connectivity index (χ0) is 23.2. The van der Waals surface area contributed by atoms with Gasteiger partial charge in [0.05, 0.1) is 29.5 Å². The normalized spacial score (nSPS) is 16.8. The molecule has 2 aliphatic rings. The number of carbonyl (C=O) groups excluding carboxylic acids is 2. The molecule has 1 saturated heterocycles. The van der Waals surface area contributed by atoms with E-state index in [9.17, 15) is 14.4 Å². The Morgan fingerprint density at radius 2 is 1.91 bits per heavy atom. The Hall–Kier alpha value is -3.33. The lowest BCUT2D eigenvalue weighted by molar-refractivity contribution is -0.137. The lowest BCUT2D eigenvalue weighted by Crippen LogP contribution is -2.29. The number of imide groups is 1. The Morgan fingerprint density at radius 1 is 1.09 bits per heavy atom. The topological polar surface area (TPSA) is 106 Å². The van der Waals surface area contributed by atoms with Crippen molar-refractivity contribution in [1.82, 2.24) is 9.88 Å². The molecule has 0 unspecified atom stereocenters. The summed E-state index contributed by atoms with van der Waals surface area (Å²) < 4.78 is 11.4. The number of pyridine rings is 1. The van der Waals surface area contributed by atoms with Gasteiger partial charge in [-0.15, -0.1) is 0 Å². The van der Waals surface area contributed by atoms with E-state index in [4.69, 9.17) is 14.6 Å². The minimum atomic E-state index is -0.842. The second-order valence-corrected chi connectivity index (χ2v) is 8.69. The molecule has 172 valence electrons. The highest BCUT2D eigenvalue weighted by Gasteiger charge is 2.34. The number of benzene rings is 1. The van der Waals surface area contributed by atoms with Gasteiger partial charge in [-0.05, 0) is 61.0 Å². The molecule has 2 aliphatic heterocycles. The Kier molecular flexibility index (Phi) is 7.29. The molecule has 4 rings (SSSR count). The third kappa shape index (κ3) is 5.73. The molecular formula is C24H24N2O6S. The number of nitrogens with zero attached hydrogens (tertiary/aromatic N) is 2. The molecule has 0 saturated carbocycles. The molecule has 33 heavy (non-hydrogen) atoms. The van der Waals surface area contributed by atoms with Gasteiger partial charge < -0.3 is 14.6 Å². The number of aliphatic carboxylic acids is 1. The predicted molar refractivity (Wildman–Crippen MR) is 124 cm³/mol. The number of fused-ring (bicyclic) bond motifs is 1. The van der Waals surface area contributed by atoms with Crippen LogP contribution in [0.4, 0.5) is 4.79 Å². The van der Waals surface area contributed by atoms with Crippen molar-refractivity contribution >= 4 is 35.0 Å². The highest BCUT2D eigenvalue weighted by Crippen LogP contribution is 2.35. The van der Waals surface area contributed by atoms with E-state index in [0.29, 0.717) is 54.6 Å². The van der Waals surface area contributed by atoms with Crippen LogP contribution in [0.25, 0.3) is 17.3 Å². The first kappa shape index (κ1) is 22.8. The van der Waals surface area contributed by atoms with E-state index in [2.05, 4.69) is 4.98 Å². The summed E-state index contributed by atoms with van der Waals surface area (Å²) in [7, 11) is 0. The lowest BCUT2D eigenvalue weighted by atomic mass is 10.1. The van der Waals surface area contributed by atoms with Crippen LogP contribution in [0.5, 0.6) is 11.5 Å². The minimum Gasteiger partial charge on any atom is -0.490 e. The summed E-state index contributed by atoms with van der Waals surface area (Å²) in [5.41, 5.74) is 2.16. The molecule has 8 nitrogen and oxygen atoms in total. The summed E-state index contributed by atoms with van der Waals surface area (Å²) in [4.78, 5) is 41.8. The number of carbonyl (C=O) groups is 3. The second kappa shape index (κ2) is 10.5. The number of carboxylic acid groups (broad SMARTS) is 1. The van der Waals surface area contributed by atoms with Gasteiger partial charge in [0.1, 0.15) is 0 Å². The number of carboxylic acids is 1. The van der Waals surface area contributed by atoms with Gasteiger partial charge in [-0.1, -0.05) is 12.5 Å². The summed E-state index contributed by atoms with van der Waals surface area (Å²) in [6.07, 6.45) is 4.30. The average molecular weight is 469 g/mol. The fourth-order valence-electron chi connectivity index (χ4n) is 3.57. The van der Waals surface area contributed by atoms with E-state index >= 15 is 0 Å². The van der Waals surface area contributed by atoms with E-state index in [0.717, 1.165) is 29.4 Å². The fraction of sp³-hybridized carbons (Fsp3) is 0.333. The highest BCUT2D eigenvalue weighted by atomic mass is 32.2. The first-order valence-corrected chi connectivity index (χ1v) is 11.7. The number of aromatic nitrogens is 1. The monoisotopic (exact) mass is 468 g/mol. The number of unbranched alkanes of at least 4 members (excludes halogenated alkanes) is 2. The Labute approximate surface area is 195 Å². The SMILES string of the molecule is O=C(O)CCCCCN1C(=O)S/C(=C\c2cccc(-c3ccc4c(c3)OCCCO4)n2)C1=O. The van der Waals surface area contributed by atoms with Crippen LogP contribution >= 0.6 is 11.8 Å². The third-order valence-corrected chi connectivity index (χ3v) is 6.15. The van der Waals surface area contributed by atoms with Gasteiger partial charge >= 0.3 is 5.97 Å². The Balaban J connectivity index is 1.45. The predicted octanol–water partition coefficient (Wildman–Crippen LogP) is 4.59. The van der Waals surface area contributed by atoms with Crippen LogP contribution in [-0.4, -0.2) is 51.9 Å². The van der Waals surface area contributed by atoms with E-state index in [1.807, 2.05) is 30.3 Å². The third-order valence-electron chi connectivity index (χ3n) is 5.24. The van der Waals surface area contributed by atoms with Crippen molar-refractivity contribution in [3.05, 3.63) is 47.0 Å². The van der Waals surface area contributed by atoms with E-state index in [-0.39, 0.29) is 24.1 Å². The molecule has 1 aromatic carbocycles. The standard InChI is InChI=1S/C24H24N2O6S/c27-22(28)8-2-1-3-11-26-23(29)21(33-24(26)30)15-17-6-4-7-18(25-17)16-9-10-19-20(14-16)32-13-5-12-31-19/h4,6-7,9-10,14-15H,1-3,5,8,11-13H2,(H,27,28)/b21-15-. The van der Waals surface area contributed by atoms with Gasteiger partial charge in [0.15, 0.2) is 11.5 Å². The quantitative estimate of drug-likeness (QED) is 0.443. The summed E-state index contributed by atoms with van der Waals surface area (Å²) in [5, 5.41) is 8.38. The maximum Gasteiger partial charge on any atom is 0.303 e. The number of amides is 2. The molecule has 0 atom stereocenters. The number of ether oxygens (including phenoxy) is 2. The van der Waals surface area contributed by atoms with Crippen LogP contribution in [0.1, 0.15) is 37.8 Å². The van der Waals surface area contributed by atoms with Gasteiger partial charge in [0.25, 0.3) is 11.1 Å². The molecule has 1 aromatic heterocycles. The number of thioether (sulfide) groups is 1. The van der Waals surface area contributed by atoms with Crippen molar-refractivity contribution in [2.24, 2.45) is 0 Å². The van der Waals surface area contributed by atoms with Crippen molar-refractivity contribution in [2.45, 2.75) is 32.1 Å². The zero-order valence-corrected chi connectivity index (χ0v) is 18.8. The molecule has 9 heteroatoms. The molecule has 1 N–H and O–H groups in total. The van der Waals surface area contributed by atoms with Crippen molar-refractivity contribution in [2.75, 3.05) is 19.8 Å². The first-order valence-electron chi connectivity index (χ1n) is 10.9. The van der Waals surface area contributed by atoms with Crippen molar-refractivity contribution in [3.63, 3.8) is 0 Å². The van der Waals surface area contributed by atoms with Gasteiger partial charge in [-0.25, -0.2) is 4.98 Å². The van der Waals surface area contributed by atoms with Gasteiger partial charge in [-0.3, -0.25) is 19.3 Å². The maximum atomic E-state index is 12.7. The Bertz CT molecular complexity index is 1100. The summed E-state index contributed by atoms with van der Waals surface area (Å²) in [5.74, 6) is 0.210. The van der Waals surface area contributed by atoms with Crippen molar-refractivity contribution in [3.8, 4) is 22.8 Å². The van der Waals surface area contributed by atoms with Gasteiger partial charge in [0, 0.05) is 24.9 Å². The molecule has 0 spiro atoms. The maximum absolute atomic E-state index is 12.7. The van der Waals surface area contributed by atoms with Crippen LogP contribution in [-0.2, 0) is 9.59 Å². The van der Waals surface area contributed by atoms with Crippen LogP contribution in [0.2, 0.25) is 0 Å². The molecule has 1 fully saturated rings. The summed E-state index contributed by atoms with van der Waals surface area (Å²) in [6, 6.07) is 11.2. The zero-order valence-electron chi connectivity index (χ0n) is 18.0. The average Bonchev–Trinajstić information content (AvgIpc) is 2.96. The van der Waals surface area contributed by atoms with Gasteiger partial charge in [-0.2, -0.15) is 0 Å². The largest absolute Gasteiger partial charge is 0.490 e. The lowest BCUT2D eigenvalue weighted by Gasteiger charge is -2.11. The summed E-state index contributed by atoms with van der Waals surface area (Å²) >= 11 is 0.896. The number of hydrogen-bond donors (Lipinski definition) is 1. The molecular weight excluding hydrogens is 444 g/mol. The first-order chi connectivity index (χ1) is 16.0. The van der Waals surface area contributed by atoms with Crippen molar-refractivity contribution in [1.29, 1.82) is 0 Å². The number of hydrogen-bond acceptors (Lipinski definition) is 7. The molecule has 2 aromatic rings. The highest BCUT2D eigenvalue weighted by molar-refractivity contribution is 8.18. The van der Waals surface area contributed by atoms with E-state index < -0.39 is 5.97 Å². The molecule has 3 heterocycles. The molecule has 2 amide bonds. The van der Waals surface area contributed by atoms with Crippen LogP contribution in [0, 0.1) is 0 Å². The van der Waals surface area contributed by atoms with E-state index in [1.165, 1.54) is 4.90 Å². The second-order valence-electron chi connectivity index (χ2n) is 7.70. The minimum absolute atomic E-state index is 0.0905. The Morgan fingerprint density at radius 3 is 2.73 bits per heavy atom. The van der Waals surface area contributed by atoms with Crippen molar-refractivity contribution < 1.29 is 29.0 Å². The van der Waals surface area contributed by atoms with E-state index in [1.54, 1.807) is 12.1 Å². The molecule has 0 radical (unpaired) electrons. The molecule has 0 bridgehead atoms. The molecule has 0 aliphatic carbocycles.